The van der Waals surface area contributed by atoms with Gasteiger partial charge in [0.05, 0.1) is 12.6 Å². The first-order chi connectivity index (χ1) is 13.1. The second-order valence-corrected chi connectivity index (χ2v) is 6.40. The maximum atomic E-state index is 12.8. The van der Waals surface area contributed by atoms with E-state index in [1.165, 1.54) is 30.5 Å². The van der Waals surface area contributed by atoms with Gasteiger partial charge in [0.2, 0.25) is 11.0 Å². The van der Waals surface area contributed by atoms with Gasteiger partial charge >= 0.3 is 0 Å². The first-order valence-electron chi connectivity index (χ1n) is 7.86. The largest absolute Gasteiger partial charge is 0.296 e. The molecule has 1 heterocycles. The summed E-state index contributed by atoms with van der Waals surface area (Å²) in [5.41, 5.74) is 3.51. The van der Waals surface area contributed by atoms with E-state index in [4.69, 9.17) is 0 Å². The Bertz CT molecular complexity index is 957. The van der Waals surface area contributed by atoms with Gasteiger partial charge in [-0.2, -0.15) is 5.10 Å². The summed E-state index contributed by atoms with van der Waals surface area (Å²) in [6, 6.07) is 14.4. The van der Waals surface area contributed by atoms with Crippen molar-refractivity contribution in [1.29, 1.82) is 0 Å². The smallest absolute Gasteiger partial charge is 0.257 e. The maximum absolute atomic E-state index is 12.8. The lowest BCUT2D eigenvalue weighted by molar-refractivity contribution is -0.120. The zero-order chi connectivity index (χ0) is 19.1. The average molecular weight is 383 g/mol. The van der Waals surface area contributed by atoms with Crippen LogP contribution in [0.2, 0.25) is 0 Å². The Morgan fingerprint density at radius 1 is 1.07 bits per heavy atom. The fraction of sp³-hybridized carbons (Fsp3) is 0.0556. The van der Waals surface area contributed by atoms with E-state index in [2.05, 4.69) is 26.0 Å². The molecule has 0 aliphatic heterocycles. The van der Waals surface area contributed by atoms with Crippen molar-refractivity contribution in [3.63, 3.8) is 0 Å². The quantitative estimate of drug-likeness (QED) is 0.505. The SMILES string of the molecule is O=C(Cc1nnc(NC(=O)c2ccccc2)s1)N/N=C/c1ccc(F)cc1. The molecule has 2 amide bonds. The molecule has 0 saturated carbocycles. The van der Waals surface area contributed by atoms with E-state index >= 15 is 0 Å². The van der Waals surface area contributed by atoms with Crippen LogP contribution in [-0.2, 0) is 11.2 Å². The summed E-state index contributed by atoms with van der Waals surface area (Å²) in [5.74, 6) is -1.03. The number of anilines is 1. The molecular formula is C18H14FN5O2S. The topological polar surface area (TPSA) is 96.3 Å². The lowest BCUT2D eigenvalue weighted by atomic mass is 10.2. The van der Waals surface area contributed by atoms with E-state index in [1.807, 2.05) is 6.07 Å². The maximum Gasteiger partial charge on any atom is 0.257 e. The summed E-state index contributed by atoms with van der Waals surface area (Å²) in [6.07, 6.45) is 1.38. The van der Waals surface area contributed by atoms with E-state index in [-0.39, 0.29) is 24.1 Å². The highest BCUT2D eigenvalue weighted by atomic mass is 32.1. The number of hydrazone groups is 1. The number of hydrogen-bond donors (Lipinski definition) is 2. The molecule has 7 nitrogen and oxygen atoms in total. The van der Waals surface area contributed by atoms with Crippen LogP contribution in [0.4, 0.5) is 9.52 Å². The summed E-state index contributed by atoms with van der Waals surface area (Å²) >= 11 is 1.11. The summed E-state index contributed by atoms with van der Waals surface area (Å²) < 4.78 is 12.8. The van der Waals surface area contributed by atoms with Crippen molar-refractivity contribution in [3.05, 3.63) is 76.5 Å². The van der Waals surface area contributed by atoms with Gasteiger partial charge < -0.3 is 0 Å². The Morgan fingerprint density at radius 2 is 1.81 bits per heavy atom. The molecule has 27 heavy (non-hydrogen) atoms. The van der Waals surface area contributed by atoms with Crippen LogP contribution in [0.25, 0.3) is 0 Å². The van der Waals surface area contributed by atoms with Crippen molar-refractivity contribution >= 4 is 34.5 Å². The van der Waals surface area contributed by atoms with E-state index in [0.717, 1.165) is 11.3 Å². The highest BCUT2D eigenvalue weighted by molar-refractivity contribution is 7.15. The third kappa shape index (κ3) is 5.51. The molecule has 0 fully saturated rings. The van der Waals surface area contributed by atoms with Crippen LogP contribution in [-0.4, -0.2) is 28.2 Å². The first kappa shape index (κ1) is 18.3. The minimum atomic E-state index is -0.384. The lowest BCUT2D eigenvalue weighted by Crippen LogP contribution is -2.19. The number of nitrogens with one attached hydrogen (secondary N) is 2. The average Bonchev–Trinajstić information content (AvgIpc) is 3.10. The number of benzene rings is 2. The Labute approximate surface area is 158 Å². The van der Waals surface area contributed by atoms with E-state index < -0.39 is 0 Å². The lowest BCUT2D eigenvalue weighted by Gasteiger charge is -1.99. The number of aromatic nitrogens is 2. The van der Waals surface area contributed by atoms with Crippen molar-refractivity contribution in [1.82, 2.24) is 15.6 Å². The normalized spacial score (nSPS) is 10.7. The van der Waals surface area contributed by atoms with Gasteiger partial charge in [-0.05, 0) is 29.8 Å². The molecule has 136 valence electrons. The van der Waals surface area contributed by atoms with E-state index in [9.17, 15) is 14.0 Å². The van der Waals surface area contributed by atoms with Crippen LogP contribution >= 0.6 is 11.3 Å². The second-order valence-electron chi connectivity index (χ2n) is 5.34. The molecule has 0 spiro atoms. The minimum absolute atomic E-state index is 0.0281. The number of rotatable bonds is 6. The van der Waals surface area contributed by atoms with Gasteiger partial charge in [0.15, 0.2) is 0 Å². The van der Waals surface area contributed by atoms with Crippen LogP contribution < -0.4 is 10.7 Å². The number of amides is 2. The van der Waals surface area contributed by atoms with Crippen molar-refractivity contribution in [3.8, 4) is 0 Å². The third-order valence-electron chi connectivity index (χ3n) is 3.31. The zero-order valence-electron chi connectivity index (χ0n) is 13.9. The van der Waals surface area contributed by atoms with Gasteiger partial charge in [-0.15, -0.1) is 10.2 Å². The molecule has 2 N–H and O–H groups in total. The predicted octanol–water partition coefficient (Wildman–Crippen LogP) is 2.62. The van der Waals surface area contributed by atoms with Gasteiger partial charge in [-0.1, -0.05) is 41.7 Å². The Kier molecular flexibility index (Phi) is 5.95. The van der Waals surface area contributed by atoms with Crippen molar-refractivity contribution in [2.45, 2.75) is 6.42 Å². The molecule has 0 aliphatic rings. The Hall–Kier alpha value is -3.46. The van der Waals surface area contributed by atoms with Crippen molar-refractivity contribution < 1.29 is 14.0 Å². The van der Waals surface area contributed by atoms with Crippen molar-refractivity contribution in [2.75, 3.05) is 5.32 Å². The number of hydrogen-bond acceptors (Lipinski definition) is 6. The fourth-order valence-electron chi connectivity index (χ4n) is 2.04. The molecule has 0 bridgehead atoms. The second kappa shape index (κ2) is 8.77. The predicted molar refractivity (Wildman–Crippen MR) is 100 cm³/mol. The molecule has 1 aromatic heterocycles. The van der Waals surface area contributed by atoms with Crippen LogP contribution in [0.15, 0.2) is 59.7 Å². The highest BCUT2D eigenvalue weighted by Crippen LogP contribution is 2.16. The first-order valence-corrected chi connectivity index (χ1v) is 8.68. The molecular weight excluding hydrogens is 369 g/mol. The molecule has 0 atom stereocenters. The monoisotopic (exact) mass is 383 g/mol. The van der Waals surface area contributed by atoms with Crippen LogP contribution in [0.3, 0.4) is 0 Å². The number of carbonyl (C=O) groups excluding carboxylic acids is 2. The molecule has 0 saturated heterocycles. The van der Waals surface area contributed by atoms with Gasteiger partial charge in [0.1, 0.15) is 10.8 Å². The Morgan fingerprint density at radius 3 is 2.56 bits per heavy atom. The van der Waals surface area contributed by atoms with Crippen molar-refractivity contribution in [2.24, 2.45) is 5.10 Å². The minimum Gasteiger partial charge on any atom is -0.296 e. The summed E-state index contributed by atoms with van der Waals surface area (Å²) in [5, 5.41) is 14.9. The molecule has 3 rings (SSSR count). The van der Waals surface area contributed by atoms with Crippen LogP contribution in [0, 0.1) is 5.82 Å². The van der Waals surface area contributed by atoms with E-state index in [1.54, 1.807) is 24.3 Å². The van der Waals surface area contributed by atoms with Gasteiger partial charge in [0.25, 0.3) is 5.91 Å². The van der Waals surface area contributed by atoms with Crippen LogP contribution in [0.5, 0.6) is 0 Å². The standard InChI is InChI=1S/C18H14FN5O2S/c19-14-8-6-12(7-9-14)11-20-22-15(25)10-16-23-24-18(27-16)21-17(26)13-4-2-1-3-5-13/h1-9,11H,10H2,(H,22,25)(H,21,24,26)/b20-11+. The Balaban J connectivity index is 1.50. The fourth-order valence-corrected chi connectivity index (χ4v) is 2.77. The molecule has 2 aromatic carbocycles. The molecule has 0 aliphatic carbocycles. The molecule has 0 unspecified atom stereocenters. The highest BCUT2D eigenvalue weighted by Gasteiger charge is 2.12. The third-order valence-corrected chi connectivity index (χ3v) is 4.15. The number of halogens is 1. The number of nitrogens with zero attached hydrogens (tertiary/aromatic N) is 3. The zero-order valence-corrected chi connectivity index (χ0v) is 14.7. The summed E-state index contributed by atoms with van der Waals surface area (Å²) in [6.45, 7) is 0. The molecule has 9 heteroatoms. The van der Waals surface area contributed by atoms with Gasteiger partial charge in [0, 0.05) is 5.56 Å². The number of carbonyl (C=O) groups is 2. The molecule has 3 aromatic rings. The van der Waals surface area contributed by atoms with E-state index in [0.29, 0.717) is 21.3 Å². The van der Waals surface area contributed by atoms with Crippen LogP contribution in [0.1, 0.15) is 20.9 Å². The summed E-state index contributed by atoms with van der Waals surface area (Å²) in [4.78, 5) is 23.9. The van der Waals surface area contributed by atoms with Gasteiger partial charge in [-0.3, -0.25) is 14.9 Å². The molecule has 0 radical (unpaired) electrons. The summed E-state index contributed by atoms with van der Waals surface area (Å²) in [7, 11) is 0. The van der Waals surface area contributed by atoms with Gasteiger partial charge in [-0.25, -0.2) is 9.82 Å².